The van der Waals surface area contributed by atoms with Crippen molar-refractivity contribution in [1.82, 2.24) is 15.5 Å². The molecule has 7 heteroatoms. The molecule has 23 heavy (non-hydrogen) atoms. The Morgan fingerprint density at radius 2 is 2.09 bits per heavy atom. The van der Waals surface area contributed by atoms with Crippen molar-refractivity contribution >= 4 is 17.7 Å². The zero-order chi connectivity index (χ0) is 16.7. The maximum atomic E-state index is 11.8. The Balaban J connectivity index is 1.88. The Morgan fingerprint density at radius 3 is 2.74 bits per heavy atom. The number of carbonyl (C=O) groups is 1. The molecule has 0 fully saturated rings. The molecule has 1 heterocycles. The van der Waals surface area contributed by atoms with Gasteiger partial charge in [-0.1, -0.05) is 25.1 Å². The van der Waals surface area contributed by atoms with Gasteiger partial charge in [0.25, 0.3) is 5.22 Å². The Kier molecular flexibility index (Phi) is 6.46. The molecule has 1 amide bonds. The SMILES string of the molecule is CCCC(C)NC(=O)CSc1nnc(-c2ccc(OC)cc2)o1. The van der Waals surface area contributed by atoms with E-state index in [2.05, 4.69) is 22.4 Å². The molecule has 2 rings (SSSR count). The Bertz CT molecular complexity index is 628. The van der Waals surface area contributed by atoms with Gasteiger partial charge in [0, 0.05) is 11.6 Å². The molecule has 1 aromatic heterocycles. The van der Waals surface area contributed by atoms with Crippen LogP contribution in [0.2, 0.25) is 0 Å². The van der Waals surface area contributed by atoms with Gasteiger partial charge in [-0.25, -0.2) is 0 Å². The number of ether oxygens (including phenoxy) is 1. The zero-order valence-corrected chi connectivity index (χ0v) is 14.4. The number of thioether (sulfide) groups is 1. The van der Waals surface area contributed by atoms with E-state index in [4.69, 9.17) is 9.15 Å². The Hall–Kier alpha value is -2.02. The van der Waals surface area contributed by atoms with Gasteiger partial charge in [0.2, 0.25) is 11.8 Å². The first kappa shape index (κ1) is 17.3. The van der Waals surface area contributed by atoms with E-state index in [0.29, 0.717) is 11.1 Å². The molecule has 0 saturated carbocycles. The van der Waals surface area contributed by atoms with Crippen molar-refractivity contribution in [2.45, 2.75) is 38.0 Å². The molecule has 1 aromatic carbocycles. The number of nitrogens with one attached hydrogen (secondary N) is 1. The minimum absolute atomic E-state index is 0.0276. The fourth-order valence-corrected chi connectivity index (χ4v) is 2.64. The van der Waals surface area contributed by atoms with Crippen LogP contribution in [0.5, 0.6) is 5.75 Å². The summed E-state index contributed by atoms with van der Waals surface area (Å²) in [6.45, 7) is 4.09. The van der Waals surface area contributed by atoms with E-state index in [1.165, 1.54) is 11.8 Å². The van der Waals surface area contributed by atoms with Crippen LogP contribution in [-0.2, 0) is 4.79 Å². The standard InChI is InChI=1S/C16H21N3O3S/c1-4-5-11(2)17-14(20)10-23-16-19-18-15(22-16)12-6-8-13(21-3)9-7-12/h6-9,11H,4-5,10H2,1-3H3,(H,17,20). The summed E-state index contributed by atoms with van der Waals surface area (Å²) in [5, 5.41) is 11.3. The maximum Gasteiger partial charge on any atom is 0.277 e. The summed E-state index contributed by atoms with van der Waals surface area (Å²) >= 11 is 1.23. The summed E-state index contributed by atoms with van der Waals surface area (Å²) in [6, 6.07) is 7.54. The highest BCUT2D eigenvalue weighted by atomic mass is 32.2. The highest BCUT2D eigenvalue weighted by Crippen LogP contribution is 2.24. The second-order valence-electron chi connectivity index (χ2n) is 5.15. The van der Waals surface area contributed by atoms with Crippen LogP contribution in [0.4, 0.5) is 0 Å². The second kappa shape index (κ2) is 8.57. The minimum Gasteiger partial charge on any atom is -0.497 e. The molecule has 2 aromatic rings. The smallest absolute Gasteiger partial charge is 0.277 e. The first-order chi connectivity index (χ1) is 11.1. The van der Waals surface area contributed by atoms with E-state index in [-0.39, 0.29) is 17.7 Å². The average molecular weight is 335 g/mol. The third-order valence-electron chi connectivity index (χ3n) is 3.20. The van der Waals surface area contributed by atoms with Crippen LogP contribution in [0.3, 0.4) is 0 Å². The number of carbonyl (C=O) groups excluding carboxylic acids is 1. The summed E-state index contributed by atoms with van der Waals surface area (Å²) in [6.07, 6.45) is 2.02. The average Bonchev–Trinajstić information content (AvgIpc) is 3.02. The van der Waals surface area contributed by atoms with Crippen molar-refractivity contribution in [3.05, 3.63) is 24.3 Å². The second-order valence-corrected chi connectivity index (χ2v) is 6.07. The Morgan fingerprint density at radius 1 is 1.35 bits per heavy atom. The normalized spacial score (nSPS) is 12.0. The summed E-state index contributed by atoms with van der Waals surface area (Å²) in [5.41, 5.74) is 0.811. The first-order valence-corrected chi connectivity index (χ1v) is 8.51. The molecule has 124 valence electrons. The van der Waals surface area contributed by atoms with Crippen LogP contribution >= 0.6 is 11.8 Å². The van der Waals surface area contributed by atoms with Gasteiger partial charge < -0.3 is 14.5 Å². The van der Waals surface area contributed by atoms with E-state index in [1.54, 1.807) is 7.11 Å². The van der Waals surface area contributed by atoms with Gasteiger partial charge in [0.05, 0.1) is 12.9 Å². The summed E-state index contributed by atoms with van der Waals surface area (Å²) in [4.78, 5) is 11.8. The lowest BCUT2D eigenvalue weighted by molar-refractivity contribution is -0.119. The van der Waals surface area contributed by atoms with Crippen LogP contribution in [0.25, 0.3) is 11.5 Å². The first-order valence-electron chi connectivity index (χ1n) is 7.52. The lowest BCUT2D eigenvalue weighted by Gasteiger charge is -2.11. The van der Waals surface area contributed by atoms with Crippen LogP contribution in [0, 0.1) is 0 Å². The van der Waals surface area contributed by atoms with Crippen molar-refractivity contribution in [2.75, 3.05) is 12.9 Å². The van der Waals surface area contributed by atoms with Gasteiger partial charge in [0.15, 0.2) is 0 Å². The monoisotopic (exact) mass is 335 g/mol. The fraction of sp³-hybridized carbons (Fsp3) is 0.438. The number of rotatable bonds is 8. The number of amides is 1. The number of methoxy groups -OCH3 is 1. The minimum atomic E-state index is -0.0276. The van der Waals surface area contributed by atoms with Crippen LogP contribution < -0.4 is 10.1 Å². The van der Waals surface area contributed by atoms with Gasteiger partial charge in [-0.3, -0.25) is 4.79 Å². The maximum absolute atomic E-state index is 11.8. The molecule has 1 unspecified atom stereocenters. The van der Waals surface area contributed by atoms with Crippen molar-refractivity contribution in [2.24, 2.45) is 0 Å². The van der Waals surface area contributed by atoms with Gasteiger partial charge in [-0.2, -0.15) is 0 Å². The van der Waals surface area contributed by atoms with Gasteiger partial charge in [-0.15, -0.1) is 10.2 Å². The van der Waals surface area contributed by atoms with E-state index in [0.717, 1.165) is 24.2 Å². The predicted octanol–water partition coefficient (Wildman–Crippen LogP) is 3.14. The van der Waals surface area contributed by atoms with Crippen molar-refractivity contribution in [3.63, 3.8) is 0 Å². The third kappa shape index (κ3) is 5.28. The third-order valence-corrected chi connectivity index (χ3v) is 4.02. The fourth-order valence-electron chi connectivity index (χ4n) is 2.07. The lowest BCUT2D eigenvalue weighted by atomic mass is 10.2. The number of benzene rings is 1. The molecule has 0 bridgehead atoms. The van der Waals surface area contributed by atoms with E-state index < -0.39 is 0 Å². The molecular weight excluding hydrogens is 314 g/mol. The largest absolute Gasteiger partial charge is 0.497 e. The molecule has 0 radical (unpaired) electrons. The van der Waals surface area contributed by atoms with Crippen LogP contribution in [0.1, 0.15) is 26.7 Å². The van der Waals surface area contributed by atoms with E-state index >= 15 is 0 Å². The summed E-state index contributed by atoms with van der Waals surface area (Å²) < 4.78 is 10.7. The van der Waals surface area contributed by atoms with E-state index in [9.17, 15) is 4.79 Å². The highest BCUT2D eigenvalue weighted by molar-refractivity contribution is 7.99. The van der Waals surface area contributed by atoms with Gasteiger partial charge in [0.1, 0.15) is 5.75 Å². The Labute approximate surface area is 140 Å². The molecular formula is C16H21N3O3S. The van der Waals surface area contributed by atoms with Gasteiger partial charge >= 0.3 is 0 Å². The van der Waals surface area contributed by atoms with Crippen molar-refractivity contribution in [3.8, 4) is 17.2 Å². The molecule has 0 aliphatic heterocycles. The van der Waals surface area contributed by atoms with Crippen molar-refractivity contribution < 1.29 is 13.9 Å². The molecule has 1 N–H and O–H groups in total. The van der Waals surface area contributed by atoms with Crippen LogP contribution in [-0.4, -0.2) is 35.0 Å². The number of aromatic nitrogens is 2. The number of nitrogens with zero attached hydrogens (tertiary/aromatic N) is 2. The predicted molar refractivity (Wildman–Crippen MR) is 89.5 cm³/mol. The molecule has 0 aliphatic rings. The number of hydrogen-bond donors (Lipinski definition) is 1. The lowest BCUT2D eigenvalue weighted by Crippen LogP contribution is -2.33. The summed E-state index contributed by atoms with van der Waals surface area (Å²) in [5.74, 6) is 1.42. The summed E-state index contributed by atoms with van der Waals surface area (Å²) in [7, 11) is 1.61. The molecule has 0 spiro atoms. The quantitative estimate of drug-likeness (QED) is 0.747. The molecule has 0 saturated heterocycles. The van der Waals surface area contributed by atoms with E-state index in [1.807, 2.05) is 31.2 Å². The van der Waals surface area contributed by atoms with Gasteiger partial charge in [-0.05, 0) is 37.6 Å². The zero-order valence-electron chi connectivity index (χ0n) is 13.5. The molecule has 1 atom stereocenters. The number of hydrogen-bond acceptors (Lipinski definition) is 6. The molecule has 6 nitrogen and oxygen atoms in total. The topological polar surface area (TPSA) is 77.2 Å². The highest BCUT2D eigenvalue weighted by Gasteiger charge is 2.12. The molecule has 0 aliphatic carbocycles. The van der Waals surface area contributed by atoms with Crippen LogP contribution in [0.15, 0.2) is 33.9 Å². The van der Waals surface area contributed by atoms with Crippen molar-refractivity contribution in [1.29, 1.82) is 0 Å².